The topological polar surface area (TPSA) is 0 Å². The van der Waals surface area contributed by atoms with Gasteiger partial charge in [-0.3, -0.25) is 0 Å². The zero-order chi connectivity index (χ0) is 21.9. The summed E-state index contributed by atoms with van der Waals surface area (Å²) in [5.41, 5.74) is 12.0. The van der Waals surface area contributed by atoms with Gasteiger partial charge < -0.3 is 0 Å². The standard InChI is InChI=1S/C30H24Br2/c1-19-4-2-3-5-22(10-6-19)30(23-11-9-20-7-8-21(20)16-23)28-17-24(31)12-14-26(28)27-15-13-25(32)18-29(27)30/h5-6,9-18H,1-4,7-8H2/b10-6-,22-5+. The molecule has 0 heterocycles. The molecule has 0 spiro atoms. The fourth-order valence-corrected chi connectivity index (χ4v) is 6.43. The average Bonchev–Trinajstić information content (AvgIpc) is 3.02. The van der Waals surface area contributed by atoms with Crippen molar-refractivity contribution in [3.63, 3.8) is 0 Å². The molecule has 0 bridgehead atoms. The van der Waals surface area contributed by atoms with Crippen molar-refractivity contribution in [2.45, 2.75) is 37.5 Å². The predicted molar refractivity (Wildman–Crippen MR) is 141 cm³/mol. The highest BCUT2D eigenvalue weighted by Crippen LogP contribution is 2.58. The smallest absolute Gasteiger partial charge is 0.0711 e. The number of aryl methyl sites for hydroxylation is 2. The molecule has 0 nitrogen and oxygen atoms in total. The molecule has 0 amide bonds. The van der Waals surface area contributed by atoms with Gasteiger partial charge in [-0.15, -0.1) is 0 Å². The van der Waals surface area contributed by atoms with E-state index in [1.165, 1.54) is 62.9 Å². The number of fused-ring (bicyclic) bond motifs is 4. The van der Waals surface area contributed by atoms with Crippen LogP contribution in [0.15, 0.2) is 99.5 Å². The number of benzene rings is 3. The van der Waals surface area contributed by atoms with E-state index in [1.54, 1.807) is 0 Å². The van der Waals surface area contributed by atoms with Gasteiger partial charge >= 0.3 is 0 Å². The third-order valence-electron chi connectivity index (χ3n) is 7.36. The first kappa shape index (κ1) is 20.4. The van der Waals surface area contributed by atoms with Crippen molar-refractivity contribution in [1.82, 2.24) is 0 Å². The first-order valence-corrected chi connectivity index (χ1v) is 12.9. The molecule has 3 aliphatic carbocycles. The molecule has 0 saturated heterocycles. The maximum absolute atomic E-state index is 4.30. The van der Waals surface area contributed by atoms with E-state index in [-0.39, 0.29) is 5.41 Å². The summed E-state index contributed by atoms with van der Waals surface area (Å²) >= 11 is 7.57. The van der Waals surface area contributed by atoms with E-state index in [0.29, 0.717) is 0 Å². The Morgan fingerprint density at radius 1 is 0.719 bits per heavy atom. The number of hydrogen-bond acceptors (Lipinski definition) is 0. The van der Waals surface area contributed by atoms with Crippen LogP contribution < -0.4 is 0 Å². The second kappa shape index (κ2) is 7.71. The molecule has 6 rings (SSSR count). The lowest BCUT2D eigenvalue weighted by Crippen LogP contribution is -2.30. The van der Waals surface area contributed by atoms with Crippen LogP contribution in [0.4, 0.5) is 0 Å². The molecule has 32 heavy (non-hydrogen) atoms. The first-order valence-electron chi connectivity index (χ1n) is 11.4. The largest absolute Gasteiger partial charge is 0.0958 e. The molecule has 0 fully saturated rings. The molecule has 0 saturated carbocycles. The molecule has 0 unspecified atom stereocenters. The SMILES string of the molecule is C=C1/C=C\C(C2(c3ccc4c(c3)CC4)c3cc(Br)ccc3-c3ccc(Br)cc32)=C/CCC1. The van der Waals surface area contributed by atoms with Crippen molar-refractivity contribution in [2.75, 3.05) is 0 Å². The van der Waals surface area contributed by atoms with Crippen LogP contribution in [0.3, 0.4) is 0 Å². The second-order valence-electron chi connectivity index (χ2n) is 9.16. The van der Waals surface area contributed by atoms with Gasteiger partial charge in [-0.1, -0.05) is 92.6 Å². The first-order chi connectivity index (χ1) is 15.6. The molecule has 158 valence electrons. The Morgan fingerprint density at radius 3 is 2.03 bits per heavy atom. The summed E-state index contributed by atoms with van der Waals surface area (Å²) in [6, 6.07) is 20.8. The predicted octanol–water partition coefficient (Wildman–Crippen LogP) is 8.85. The molecule has 0 N–H and O–H groups in total. The van der Waals surface area contributed by atoms with Crippen LogP contribution in [-0.2, 0) is 18.3 Å². The van der Waals surface area contributed by atoms with Gasteiger partial charge in [-0.2, -0.15) is 0 Å². The molecule has 3 aromatic rings. The highest BCUT2D eigenvalue weighted by molar-refractivity contribution is 9.10. The van der Waals surface area contributed by atoms with Crippen LogP contribution in [0.1, 0.15) is 47.1 Å². The van der Waals surface area contributed by atoms with Crippen LogP contribution in [0.25, 0.3) is 11.1 Å². The lowest BCUT2D eigenvalue weighted by molar-refractivity contribution is 0.734. The van der Waals surface area contributed by atoms with E-state index in [1.807, 2.05) is 0 Å². The van der Waals surface area contributed by atoms with Gasteiger partial charge in [0.05, 0.1) is 5.41 Å². The fraction of sp³-hybridized carbons (Fsp3) is 0.200. The lowest BCUT2D eigenvalue weighted by atomic mass is 9.65. The molecule has 3 aliphatic rings. The Morgan fingerprint density at radius 2 is 1.41 bits per heavy atom. The van der Waals surface area contributed by atoms with Gasteiger partial charge in [0.15, 0.2) is 0 Å². The second-order valence-corrected chi connectivity index (χ2v) is 11.0. The lowest BCUT2D eigenvalue weighted by Gasteiger charge is -2.37. The average molecular weight is 544 g/mol. The molecular weight excluding hydrogens is 520 g/mol. The van der Waals surface area contributed by atoms with E-state index in [9.17, 15) is 0 Å². The molecule has 0 radical (unpaired) electrons. The van der Waals surface area contributed by atoms with Gasteiger partial charge in [0.2, 0.25) is 0 Å². The molecule has 0 atom stereocenters. The van der Waals surface area contributed by atoms with Gasteiger partial charge in [0.25, 0.3) is 0 Å². The minimum absolute atomic E-state index is 0.336. The van der Waals surface area contributed by atoms with E-state index in [2.05, 4.69) is 111 Å². The Hall–Kier alpha value is -2.16. The number of allylic oxidation sites excluding steroid dienone is 5. The molecule has 0 aromatic heterocycles. The maximum atomic E-state index is 4.30. The highest BCUT2D eigenvalue weighted by atomic mass is 79.9. The maximum Gasteiger partial charge on any atom is 0.0711 e. The van der Waals surface area contributed by atoms with Gasteiger partial charge in [0.1, 0.15) is 0 Å². The van der Waals surface area contributed by atoms with Crippen LogP contribution in [0.5, 0.6) is 0 Å². The van der Waals surface area contributed by atoms with Crippen molar-refractivity contribution in [2.24, 2.45) is 0 Å². The van der Waals surface area contributed by atoms with Crippen molar-refractivity contribution in [3.05, 3.63) is 127 Å². The van der Waals surface area contributed by atoms with Crippen molar-refractivity contribution in [1.29, 1.82) is 0 Å². The van der Waals surface area contributed by atoms with Gasteiger partial charge in [-0.25, -0.2) is 0 Å². The third-order valence-corrected chi connectivity index (χ3v) is 8.35. The van der Waals surface area contributed by atoms with E-state index in [4.69, 9.17) is 0 Å². The summed E-state index contributed by atoms with van der Waals surface area (Å²) in [7, 11) is 0. The Bertz CT molecular complexity index is 1290. The number of hydrogen-bond donors (Lipinski definition) is 0. The minimum atomic E-state index is -0.336. The summed E-state index contributed by atoms with van der Waals surface area (Å²) in [4.78, 5) is 0. The van der Waals surface area contributed by atoms with E-state index < -0.39 is 0 Å². The summed E-state index contributed by atoms with van der Waals surface area (Å²) < 4.78 is 2.24. The number of rotatable bonds is 2. The van der Waals surface area contributed by atoms with Crippen molar-refractivity contribution in [3.8, 4) is 11.1 Å². The van der Waals surface area contributed by atoms with Crippen LogP contribution in [0.2, 0.25) is 0 Å². The molecule has 3 aromatic carbocycles. The Kier molecular flexibility index (Phi) is 4.93. The van der Waals surface area contributed by atoms with Crippen molar-refractivity contribution >= 4 is 31.9 Å². The molecular formula is C30H24Br2. The Balaban J connectivity index is 1.74. The van der Waals surface area contributed by atoms with Crippen molar-refractivity contribution < 1.29 is 0 Å². The Labute approximate surface area is 207 Å². The number of halogens is 2. The normalized spacial score (nSPS) is 20.7. The zero-order valence-electron chi connectivity index (χ0n) is 17.9. The van der Waals surface area contributed by atoms with E-state index in [0.717, 1.165) is 28.2 Å². The summed E-state index contributed by atoms with van der Waals surface area (Å²) in [6.45, 7) is 4.30. The summed E-state index contributed by atoms with van der Waals surface area (Å²) in [5, 5.41) is 0. The third kappa shape index (κ3) is 2.99. The molecule has 0 aliphatic heterocycles. The van der Waals surface area contributed by atoms with E-state index >= 15 is 0 Å². The summed E-state index contributed by atoms with van der Waals surface area (Å²) in [6.07, 6.45) is 12.7. The quantitative estimate of drug-likeness (QED) is 0.303. The minimum Gasteiger partial charge on any atom is -0.0958 e. The van der Waals surface area contributed by atoms with Crippen LogP contribution >= 0.6 is 31.9 Å². The zero-order valence-corrected chi connectivity index (χ0v) is 21.1. The summed E-state index contributed by atoms with van der Waals surface area (Å²) in [5.74, 6) is 0. The fourth-order valence-electron chi connectivity index (χ4n) is 5.71. The molecule has 2 heteroatoms. The van der Waals surface area contributed by atoms with Gasteiger partial charge in [-0.05, 0) is 101 Å². The van der Waals surface area contributed by atoms with Gasteiger partial charge in [0, 0.05) is 8.95 Å². The monoisotopic (exact) mass is 542 g/mol. The highest BCUT2D eigenvalue weighted by Gasteiger charge is 2.47. The van der Waals surface area contributed by atoms with Crippen LogP contribution in [-0.4, -0.2) is 0 Å². The van der Waals surface area contributed by atoms with Crippen LogP contribution in [0, 0.1) is 0 Å².